The van der Waals surface area contributed by atoms with Crippen molar-refractivity contribution >= 4 is 17.9 Å². The van der Waals surface area contributed by atoms with Gasteiger partial charge in [0.25, 0.3) is 0 Å². The van der Waals surface area contributed by atoms with Gasteiger partial charge in [0.1, 0.15) is 6.04 Å². The maximum atomic E-state index is 12.9. The van der Waals surface area contributed by atoms with E-state index in [0.29, 0.717) is 39.2 Å². The van der Waals surface area contributed by atoms with Crippen LogP contribution in [0.15, 0.2) is 30.3 Å². The molecule has 1 heterocycles. The van der Waals surface area contributed by atoms with Gasteiger partial charge in [-0.25, -0.2) is 4.79 Å². The van der Waals surface area contributed by atoms with Crippen LogP contribution in [0, 0.1) is 0 Å². The lowest BCUT2D eigenvalue weighted by Crippen LogP contribution is -2.53. The third-order valence-corrected chi connectivity index (χ3v) is 4.12. The van der Waals surface area contributed by atoms with Gasteiger partial charge < -0.3 is 19.9 Å². The van der Waals surface area contributed by atoms with Crippen molar-refractivity contribution < 1.29 is 19.1 Å². The molecule has 1 fully saturated rings. The van der Waals surface area contributed by atoms with E-state index in [-0.39, 0.29) is 17.9 Å². The summed E-state index contributed by atoms with van der Waals surface area (Å²) >= 11 is 0. The lowest BCUT2D eigenvalue weighted by atomic mass is 10.0. The number of ether oxygens (including phenoxy) is 1. The second kappa shape index (κ2) is 9.05. The van der Waals surface area contributed by atoms with Crippen LogP contribution in [-0.2, 0) is 14.3 Å². The van der Waals surface area contributed by atoms with Crippen molar-refractivity contribution in [3.63, 3.8) is 0 Å². The molecule has 0 spiro atoms. The fraction of sp³-hybridized carbons (Fsp3) is 0.500. The topological polar surface area (TPSA) is 79.0 Å². The number of nitrogens with one attached hydrogen (secondary N) is 1. The summed E-state index contributed by atoms with van der Waals surface area (Å²) in [5.41, 5.74) is 0.752. The summed E-state index contributed by atoms with van der Waals surface area (Å²) in [6.45, 7) is 5.53. The number of rotatable bonds is 5. The zero-order valence-corrected chi connectivity index (χ0v) is 14.7. The average Bonchev–Trinajstić information content (AvgIpc) is 2.66. The normalized spacial score (nSPS) is 15.4. The smallest absolute Gasteiger partial charge is 0.409 e. The molecule has 1 aromatic carbocycles. The minimum Gasteiger partial charge on any atom is -0.450 e. The summed E-state index contributed by atoms with van der Waals surface area (Å²) in [5, 5.41) is 2.80. The number of piperazine rings is 1. The monoisotopic (exact) mass is 347 g/mol. The quantitative estimate of drug-likeness (QED) is 0.877. The van der Waals surface area contributed by atoms with Crippen LogP contribution < -0.4 is 5.32 Å². The van der Waals surface area contributed by atoms with Gasteiger partial charge in [0.05, 0.1) is 6.61 Å². The molecule has 7 heteroatoms. The fourth-order valence-electron chi connectivity index (χ4n) is 2.70. The van der Waals surface area contributed by atoms with E-state index in [1.807, 2.05) is 30.3 Å². The molecule has 1 aliphatic rings. The van der Waals surface area contributed by atoms with Gasteiger partial charge in [-0.2, -0.15) is 0 Å². The van der Waals surface area contributed by atoms with Crippen molar-refractivity contribution in [3.05, 3.63) is 35.9 Å². The minimum absolute atomic E-state index is 0.156. The number of carbonyl (C=O) groups excluding carboxylic acids is 3. The molecule has 0 unspecified atom stereocenters. The third-order valence-electron chi connectivity index (χ3n) is 4.12. The summed E-state index contributed by atoms with van der Waals surface area (Å²) in [6.07, 6.45) is -0.0405. The maximum Gasteiger partial charge on any atom is 0.409 e. The lowest BCUT2D eigenvalue weighted by Gasteiger charge is -2.36. The predicted molar refractivity (Wildman–Crippen MR) is 92.8 cm³/mol. The molecule has 1 aliphatic heterocycles. The van der Waals surface area contributed by atoms with E-state index in [2.05, 4.69) is 5.32 Å². The van der Waals surface area contributed by atoms with E-state index in [1.165, 1.54) is 0 Å². The van der Waals surface area contributed by atoms with Gasteiger partial charge in [-0.15, -0.1) is 0 Å². The highest BCUT2D eigenvalue weighted by Crippen LogP contribution is 2.17. The van der Waals surface area contributed by atoms with Crippen molar-refractivity contribution in [1.29, 1.82) is 0 Å². The van der Waals surface area contributed by atoms with Crippen molar-refractivity contribution in [2.45, 2.75) is 26.3 Å². The molecule has 0 aliphatic carbocycles. The largest absolute Gasteiger partial charge is 0.450 e. The predicted octanol–water partition coefficient (Wildman–Crippen LogP) is 1.55. The van der Waals surface area contributed by atoms with Gasteiger partial charge in [0, 0.05) is 32.6 Å². The Bertz CT molecular complexity index is 598. The Hall–Kier alpha value is -2.57. The highest BCUT2D eigenvalue weighted by molar-refractivity contribution is 5.88. The fourth-order valence-corrected chi connectivity index (χ4v) is 2.70. The number of benzene rings is 1. The first-order valence-corrected chi connectivity index (χ1v) is 8.61. The molecule has 1 saturated heterocycles. The van der Waals surface area contributed by atoms with Gasteiger partial charge >= 0.3 is 6.09 Å². The van der Waals surface area contributed by atoms with E-state index >= 15 is 0 Å². The molecule has 2 rings (SSSR count). The van der Waals surface area contributed by atoms with Crippen LogP contribution in [0.25, 0.3) is 0 Å². The first-order chi connectivity index (χ1) is 12.1. The molecule has 3 amide bonds. The summed E-state index contributed by atoms with van der Waals surface area (Å²) in [6, 6.07) is 8.49. The van der Waals surface area contributed by atoms with Crippen LogP contribution in [0.3, 0.4) is 0 Å². The van der Waals surface area contributed by atoms with Gasteiger partial charge in [0.2, 0.25) is 11.8 Å². The van der Waals surface area contributed by atoms with Gasteiger partial charge in [-0.1, -0.05) is 37.3 Å². The lowest BCUT2D eigenvalue weighted by molar-refractivity contribution is -0.138. The number of carbonyl (C=O) groups is 3. The van der Waals surface area contributed by atoms with E-state index in [9.17, 15) is 14.4 Å². The van der Waals surface area contributed by atoms with Crippen LogP contribution >= 0.6 is 0 Å². The zero-order valence-electron chi connectivity index (χ0n) is 14.7. The number of hydrogen-bond donors (Lipinski definition) is 1. The molecule has 0 saturated carbocycles. The Kier molecular flexibility index (Phi) is 6.80. The zero-order chi connectivity index (χ0) is 18.2. The van der Waals surface area contributed by atoms with E-state index in [0.717, 1.165) is 5.56 Å². The first-order valence-electron chi connectivity index (χ1n) is 8.61. The summed E-state index contributed by atoms with van der Waals surface area (Å²) < 4.78 is 4.99. The van der Waals surface area contributed by atoms with Crippen LogP contribution in [-0.4, -0.2) is 60.5 Å². The van der Waals surface area contributed by atoms with Crippen LogP contribution in [0.1, 0.15) is 31.9 Å². The van der Waals surface area contributed by atoms with E-state index in [1.54, 1.807) is 23.6 Å². The molecule has 7 nitrogen and oxygen atoms in total. The molecular formula is C18H25N3O4. The minimum atomic E-state index is -0.706. The molecule has 0 aromatic heterocycles. The summed E-state index contributed by atoms with van der Waals surface area (Å²) in [5.74, 6) is -0.330. The summed E-state index contributed by atoms with van der Waals surface area (Å²) in [7, 11) is 0. The SMILES string of the molecule is CCOC(=O)N1CCN(C(=O)[C@@H](NC(=O)CC)c2ccccc2)CC1. The van der Waals surface area contributed by atoms with Crippen molar-refractivity contribution in [2.75, 3.05) is 32.8 Å². The van der Waals surface area contributed by atoms with Crippen LogP contribution in [0.4, 0.5) is 4.79 Å². The Morgan fingerprint density at radius 2 is 1.64 bits per heavy atom. The summed E-state index contributed by atoms with van der Waals surface area (Å²) in [4.78, 5) is 39.8. The standard InChI is InChI=1S/C18H25N3O4/c1-3-15(22)19-16(14-8-6-5-7-9-14)17(23)20-10-12-21(13-11-20)18(24)25-4-2/h5-9,16H,3-4,10-13H2,1-2H3,(H,19,22)/t16-/m0/s1. The molecule has 1 aromatic rings. The molecule has 136 valence electrons. The van der Waals surface area contributed by atoms with Crippen molar-refractivity contribution in [2.24, 2.45) is 0 Å². The maximum absolute atomic E-state index is 12.9. The Morgan fingerprint density at radius 1 is 1.04 bits per heavy atom. The van der Waals surface area contributed by atoms with Crippen LogP contribution in [0.2, 0.25) is 0 Å². The third kappa shape index (κ3) is 4.95. The average molecular weight is 347 g/mol. The molecule has 25 heavy (non-hydrogen) atoms. The molecule has 0 radical (unpaired) electrons. The van der Waals surface area contributed by atoms with Crippen LogP contribution in [0.5, 0.6) is 0 Å². The van der Waals surface area contributed by atoms with Gasteiger partial charge in [0.15, 0.2) is 0 Å². The Balaban J connectivity index is 2.05. The highest BCUT2D eigenvalue weighted by Gasteiger charge is 2.30. The molecule has 1 N–H and O–H groups in total. The molecular weight excluding hydrogens is 322 g/mol. The first kappa shape index (κ1) is 18.8. The second-order valence-corrected chi connectivity index (χ2v) is 5.78. The van der Waals surface area contributed by atoms with Gasteiger partial charge in [-0.3, -0.25) is 9.59 Å². The van der Waals surface area contributed by atoms with Crippen molar-refractivity contribution in [3.8, 4) is 0 Å². The van der Waals surface area contributed by atoms with E-state index < -0.39 is 6.04 Å². The molecule has 0 bridgehead atoms. The van der Waals surface area contributed by atoms with Crippen molar-refractivity contribution in [1.82, 2.24) is 15.1 Å². The number of amides is 3. The Labute approximate surface area is 147 Å². The highest BCUT2D eigenvalue weighted by atomic mass is 16.6. The Morgan fingerprint density at radius 3 is 2.20 bits per heavy atom. The number of hydrogen-bond acceptors (Lipinski definition) is 4. The second-order valence-electron chi connectivity index (χ2n) is 5.78. The van der Waals surface area contributed by atoms with E-state index in [4.69, 9.17) is 4.74 Å². The molecule has 1 atom stereocenters. The van der Waals surface area contributed by atoms with Gasteiger partial charge in [-0.05, 0) is 12.5 Å². The number of nitrogens with zero attached hydrogens (tertiary/aromatic N) is 2.